The summed E-state index contributed by atoms with van der Waals surface area (Å²) in [5, 5.41) is 21.0. The van der Waals surface area contributed by atoms with Gasteiger partial charge in [0.15, 0.2) is 0 Å². The van der Waals surface area contributed by atoms with Gasteiger partial charge in [0, 0.05) is 23.4 Å². The van der Waals surface area contributed by atoms with Crippen molar-refractivity contribution in [3.05, 3.63) is 77.7 Å². The van der Waals surface area contributed by atoms with Gasteiger partial charge in [-0.25, -0.2) is 9.37 Å². The van der Waals surface area contributed by atoms with Crippen molar-refractivity contribution in [2.45, 2.75) is 6.18 Å². The van der Waals surface area contributed by atoms with Crippen LogP contribution < -0.4 is 15.5 Å². The molecule has 3 aromatic rings. The average Bonchev–Trinajstić information content (AvgIpc) is 2.69. The molecule has 0 bridgehead atoms. The number of aromatic nitrogens is 1. The minimum Gasteiger partial charge on any atom is -0.439 e. The van der Waals surface area contributed by atoms with Crippen LogP contribution in [0.3, 0.4) is 0 Å². The highest BCUT2D eigenvalue weighted by molar-refractivity contribution is 6.60. The molecule has 1 heterocycles. The first kappa shape index (κ1) is 21.3. The highest BCUT2D eigenvalue weighted by Gasteiger charge is 2.30. The van der Waals surface area contributed by atoms with Crippen molar-refractivity contribution in [1.82, 2.24) is 4.98 Å². The summed E-state index contributed by atoms with van der Waals surface area (Å²) in [4.78, 5) is 16.2. The van der Waals surface area contributed by atoms with Crippen molar-refractivity contribution in [2.75, 3.05) is 5.32 Å². The Morgan fingerprint density at radius 3 is 2.30 bits per heavy atom. The van der Waals surface area contributed by atoms with E-state index in [4.69, 9.17) is 4.74 Å². The molecule has 0 saturated carbocycles. The van der Waals surface area contributed by atoms with Gasteiger partial charge in [-0.3, -0.25) is 4.79 Å². The number of pyridine rings is 1. The zero-order valence-electron chi connectivity index (χ0n) is 15.0. The Bertz CT molecular complexity index is 1040. The second-order valence-electron chi connectivity index (χ2n) is 6.07. The lowest BCUT2D eigenvalue weighted by Crippen LogP contribution is -2.34. The molecule has 154 valence electrons. The molecule has 0 aliphatic carbocycles. The monoisotopic (exact) mass is 420 g/mol. The van der Waals surface area contributed by atoms with Gasteiger partial charge in [-0.1, -0.05) is 0 Å². The quantitative estimate of drug-likeness (QED) is 0.436. The molecule has 0 aliphatic rings. The molecule has 2 aromatic carbocycles. The van der Waals surface area contributed by atoms with Crippen LogP contribution >= 0.6 is 0 Å². The fourth-order valence-corrected chi connectivity index (χ4v) is 2.46. The predicted octanol–water partition coefficient (Wildman–Crippen LogP) is 2.96. The predicted molar refractivity (Wildman–Crippen MR) is 99.9 cm³/mol. The van der Waals surface area contributed by atoms with Crippen molar-refractivity contribution in [1.29, 1.82) is 0 Å². The number of nitrogens with zero attached hydrogens (tertiary/aromatic N) is 1. The highest BCUT2D eigenvalue weighted by Crippen LogP contribution is 2.31. The van der Waals surface area contributed by atoms with Crippen LogP contribution in [0, 0.1) is 5.82 Å². The first-order chi connectivity index (χ1) is 14.1. The molecule has 1 amide bonds. The van der Waals surface area contributed by atoms with Gasteiger partial charge in [-0.2, -0.15) is 13.2 Å². The molecule has 30 heavy (non-hydrogen) atoms. The van der Waals surface area contributed by atoms with Crippen molar-refractivity contribution in [3.8, 4) is 11.6 Å². The Labute approximate surface area is 167 Å². The number of hydrogen-bond acceptors (Lipinski definition) is 5. The highest BCUT2D eigenvalue weighted by atomic mass is 19.4. The summed E-state index contributed by atoms with van der Waals surface area (Å²) < 4.78 is 56.3. The Morgan fingerprint density at radius 2 is 1.73 bits per heavy atom. The van der Waals surface area contributed by atoms with Crippen LogP contribution in [0.2, 0.25) is 0 Å². The van der Waals surface area contributed by atoms with Crippen molar-refractivity contribution < 1.29 is 37.1 Å². The van der Waals surface area contributed by atoms with Gasteiger partial charge in [-0.05, 0) is 48.5 Å². The summed E-state index contributed by atoms with van der Waals surface area (Å²) in [7, 11) is -1.99. The number of rotatable bonds is 5. The second kappa shape index (κ2) is 8.51. The molecule has 11 heteroatoms. The van der Waals surface area contributed by atoms with E-state index in [9.17, 15) is 32.4 Å². The maximum atomic E-state index is 13.3. The Morgan fingerprint density at radius 1 is 1.03 bits per heavy atom. The topological polar surface area (TPSA) is 91.7 Å². The van der Waals surface area contributed by atoms with E-state index in [-0.39, 0.29) is 28.3 Å². The SMILES string of the molecule is O=C(Nc1ccc(F)cc1B(O)O)c1ccc(Oc2ccc(C(F)(F)F)cc2)nc1. The Balaban J connectivity index is 1.69. The summed E-state index contributed by atoms with van der Waals surface area (Å²) in [6.45, 7) is 0. The van der Waals surface area contributed by atoms with E-state index in [0.29, 0.717) is 0 Å². The van der Waals surface area contributed by atoms with Gasteiger partial charge in [0.25, 0.3) is 5.91 Å². The second-order valence-corrected chi connectivity index (χ2v) is 6.07. The number of amides is 1. The van der Waals surface area contributed by atoms with Gasteiger partial charge >= 0.3 is 13.3 Å². The van der Waals surface area contributed by atoms with Crippen molar-refractivity contribution >= 4 is 24.2 Å². The summed E-state index contributed by atoms with van der Waals surface area (Å²) >= 11 is 0. The summed E-state index contributed by atoms with van der Waals surface area (Å²) in [5.41, 5.74) is -0.958. The van der Waals surface area contributed by atoms with Crippen LogP contribution in [-0.4, -0.2) is 28.1 Å². The lowest BCUT2D eigenvalue weighted by Gasteiger charge is -2.11. The number of benzene rings is 2. The molecule has 0 atom stereocenters. The molecule has 0 fully saturated rings. The lowest BCUT2D eigenvalue weighted by atomic mass is 9.79. The third-order valence-electron chi connectivity index (χ3n) is 3.94. The van der Waals surface area contributed by atoms with E-state index >= 15 is 0 Å². The van der Waals surface area contributed by atoms with Crippen LogP contribution in [0.25, 0.3) is 0 Å². The molecule has 0 spiro atoms. The number of nitrogens with one attached hydrogen (secondary N) is 1. The number of halogens is 4. The van der Waals surface area contributed by atoms with E-state index in [2.05, 4.69) is 10.3 Å². The Kier molecular flexibility index (Phi) is 6.04. The summed E-state index contributed by atoms with van der Waals surface area (Å²) in [5.74, 6) is -1.19. The maximum absolute atomic E-state index is 13.3. The smallest absolute Gasteiger partial charge is 0.439 e. The number of anilines is 1. The first-order valence-corrected chi connectivity index (χ1v) is 8.41. The van der Waals surface area contributed by atoms with Crippen LogP contribution in [-0.2, 0) is 6.18 Å². The fourth-order valence-electron chi connectivity index (χ4n) is 2.46. The van der Waals surface area contributed by atoms with E-state index in [0.717, 1.165) is 42.6 Å². The van der Waals surface area contributed by atoms with E-state index in [1.165, 1.54) is 18.2 Å². The molecular weight excluding hydrogens is 407 g/mol. The van der Waals surface area contributed by atoms with Crippen LogP contribution in [0.1, 0.15) is 15.9 Å². The lowest BCUT2D eigenvalue weighted by molar-refractivity contribution is -0.137. The van der Waals surface area contributed by atoms with Crippen LogP contribution in [0.4, 0.5) is 23.2 Å². The zero-order valence-corrected chi connectivity index (χ0v) is 15.0. The van der Waals surface area contributed by atoms with Gasteiger partial charge in [0.2, 0.25) is 5.88 Å². The number of hydrogen-bond donors (Lipinski definition) is 3. The van der Waals surface area contributed by atoms with E-state index in [1.54, 1.807) is 0 Å². The van der Waals surface area contributed by atoms with Crippen molar-refractivity contribution in [3.63, 3.8) is 0 Å². The van der Waals surface area contributed by atoms with E-state index < -0.39 is 30.6 Å². The molecule has 0 radical (unpaired) electrons. The first-order valence-electron chi connectivity index (χ1n) is 8.41. The largest absolute Gasteiger partial charge is 0.490 e. The number of ether oxygens (including phenoxy) is 1. The maximum Gasteiger partial charge on any atom is 0.490 e. The third-order valence-corrected chi connectivity index (χ3v) is 3.94. The average molecular weight is 420 g/mol. The van der Waals surface area contributed by atoms with Gasteiger partial charge in [-0.15, -0.1) is 0 Å². The zero-order chi connectivity index (χ0) is 21.9. The molecule has 0 saturated heterocycles. The molecule has 3 rings (SSSR count). The van der Waals surface area contributed by atoms with Gasteiger partial charge in [0.05, 0.1) is 11.1 Å². The number of alkyl halides is 3. The van der Waals surface area contributed by atoms with E-state index in [1.807, 2.05) is 0 Å². The Hall–Kier alpha value is -3.44. The molecule has 1 aromatic heterocycles. The fraction of sp³-hybridized carbons (Fsp3) is 0.0526. The molecular formula is C19H13BF4N2O4. The minimum absolute atomic E-state index is 0.00137. The van der Waals surface area contributed by atoms with Gasteiger partial charge in [0.1, 0.15) is 11.6 Å². The molecule has 6 nitrogen and oxygen atoms in total. The normalized spacial score (nSPS) is 11.1. The van der Waals surface area contributed by atoms with Crippen LogP contribution in [0.15, 0.2) is 60.8 Å². The number of carbonyl (C=O) groups is 1. The van der Waals surface area contributed by atoms with Crippen molar-refractivity contribution in [2.24, 2.45) is 0 Å². The molecule has 0 aliphatic heterocycles. The summed E-state index contributed by atoms with van der Waals surface area (Å²) in [6, 6.07) is 9.79. The minimum atomic E-state index is -4.46. The third kappa shape index (κ3) is 5.13. The molecule has 3 N–H and O–H groups in total. The van der Waals surface area contributed by atoms with Gasteiger partial charge < -0.3 is 20.1 Å². The summed E-state index contributed by atoms with van der Waals surface area (Å²) in [6.07, 6.45) is -3.30. The molecule has 0 unspecified atom stereocenters. The number of carbonyl (C=O) groups excluding carboxylic acids is 1. The van der Waals surface area contributed by atoms with Crippen LogP contribution in [0.5, 0.6) is 11.6 Å². The standard InChI is InChI=1S/C19H13BF4N2O4/c21-13-4-7-16(15(9-13)20(28)29)26-18(27)11-1-8-17(25-10-11)30-14-5-2-12(3-6-14)19(22,23)24/h1-10,28-29H,(H,26,27).